The second kappa shape index (κ2) is 9.19. The molecular formula is C20H13BrCl2N2O3. The lowest BCUT2D eigenvalue weighted by Crippen LogP contribution is -2.20. The second-order valence-electron chi connectivity index (χ2n) is 5.68. The van der Waals surface area contributed by atoms with Crippen molar-refractivity contribution in [2.75, 3.05) is 11.9 Å². The van der Waals surface area contributed by atoms with Crippen LogP contribution in [0.25, 0.3) is 0 Å². The molecule has 0 aliphatic rings. The number of nitrogens with zero attached hydrogens (tertiary/aromatic N) is 1. The number of rotatable bonds is 6. The van der Waals surface area contributed by atoms with E-state index in [-0.39, 0.29) is 23.5 Å². The zero-order valence-electron chi connectivity index (χ0n) is 14.3. The van der Waals surface area contributed by atoms with Crippen LogP contribution in [-0.2, 0) is 4.79 Å². The molecule has 0 saturated carbocycles. The van der Waals surface area contributed by atoms with Crippen molar-refractivity contribution in [1.29, 1.82) is 0 Å². The molecule has 8 heteroatoms. The number of hydrogen-bond donors (Lipinski definition) is 1. The number of carbonyl (C=O) groups is 2. The van der Waals surface area contributed by atoms with Crippen molar-refractivity contribution in [3.63, 3.8) is 0 Å². The van der Waals surface area contributed by atoms with E-state index in [0.29, 0.717) is 32.1 Å². The minimum Gasteiger partial charge on any atom is -0.484 e. The lowest BCUT2D eigenvalue weighted by atomic mass is 10.0. The number of aromatic nitrogens is 1. The van der Waals surface area contributed by atoms with Gasteiger partial charge in [-0.15, -0.1) is 0 Å². The smallest absolute Gasteiger partial charge is 0.262 e. The minimum atomic E-state index is -0.342. The molecule has 142 valence electrons. The van der Waals surface area contributed by atoms with Crippen LogP contribution >= 0.6 is 39.1 Å². The molecule has 0 saturated heterocycles. The first kappa shape index (κ1) is 20.3. The van der Waals surface area contributed by atoms with E-state index in [1.807, 2.05) is 0 Å². The van der Waals surface area contributed by atoms with E-state index in [9.17, 15) is 9.59 Å². The van der Waals surface area contributed by atoms with Crippen molar-refractivity contribution >= 4 is 56.5 Å². The third-order valence-corrected chi connectivity index (χ3v) is 4.80. The number of pyridine rings is 1. The van der Waals surface area contributed by atoms with Crippen molar-refractivity contribution < 1.29 is 14.3 Å². The van der Waals surface area contributed by atoms with Crippen LogP contribution in [0, 0.1) is 0 Å². The number of nitrogens with one attached hydrogen (secondary N) is 1. The molecule has 0 atom stereocenters. The van der Waals surface area contributed by atoms with E-state index >= 15 is 0 Å². The SMILES string of the molecule is O=C(COc1ccc(C(=O)c2cc(Cl)ccc2Br)cc1)Nc1ccnc(Cl)c1. The maximum Gasteiger partial charge on any atom is 0.262 e. The number of ether oxygens (including phenoxy) is 1. The molecule has 0 bridgehead atoms. The van der Waals surface area contributed by atoms with Crippen LogP contribution in [0.2, 0.25) is 10.2 Å². The van der Waals surface area contributed by atoms with E-state index in [4.69, 9.17) is 27.9 Å². The largest absolute Gasteiger partial charge is 0.484 e. The summed E-state index contributed by atoms with van der Waals surface area (Å²) in [5.74, 6) is -0.0527. The van der Waals surface area contributed by atoms with Gasteiger partial charge in [-0.05, 0) is 54.6 Å². The average Bonchev–Trinajstić information content (AvgIpc) is 2.68. The Bertz CT molecular complexity index is 1030. The highest BCUT2D eigenvalue weighted by Crippen LogP contribution is 2.24. The van der Waals surface area contributed by atoms with Gasteiger partial charge in [-0.1, -0.05) is 39.1 Å². The Balaban J connectivity index is 1.60. The van der Waals surface area contributed by atoms with Crippen LogP contribution in [0.3, 0.4) is 0 Å². The summed E-state index contributed by atoms with van der Waals surface area (Å²) >= 11 is 15.1. The van der Waals surface area contributed by atoms with E-state index in [1.54, 1.807) is 48.5 Å². The molecule has 0 aliphatic carbocycles. The van der Waals surface area contributed by atoms with E-state index in [0.717, 1.165) is 0 Å². The van der Waals surface area contributed by atoms with Crippen molar-refractivity contribution in [2.24, 2.45) is 0 Å². The number of hydrogen-bond acceptors (Lipinski definition) is 4. The predicted octanol–water partition coefficient (Wildman–Crippen LogP) is 5.40. The Kier molecular flexibility index (Phi) is 6.67. The van der Waals surface area contributed by atoms with E-state index < -0.39 is 0 Å². The molecule has 5 nitrogen and oxygen atoms in total. The van der Waals surface area contributed by atoms with Crippen molar-refractivity contribution in [3.8, 4) is 5.75 Å². The van der Waals surface area contributed by atoms with Gasteiger partial charge in [0.05, 0.1) is 0 Å². The Morgan fingerprint density at radius 1 is 1.04 bits per heavy atom. The standard InChI is InChI=1S/C20H13BrCl2N2O3/c21-17-6-3-13(22)9-16(17)20(27)12-1-4-15(5-2-12)28-11-19(26)25-14-7-8-24-18(23)10-14/h1-10H,11H2,(H,24,25,26). The molecule has 0 radical (unpaired) electrons. The first-order valence-corrected chi connectivity index (χ1v) is 9.61. The fourth-order valence-electron chi connectivity index (χ4n) is 2.36. The number of halogens is 3. The maximum atomic E-state index is 12.6. The summed E-state index contributed by atoms with van der Waals surface area (Å²) in [5.41, 5.74) is 1.48. The van der Waals surface area contributed by atoms with E-state index in [2.05, 4.69) is 26.2 Å². The molecular weight excluding hydrogens is 467 g/mol. The minimum absolute atomic E-state index is 0.173. The molecule has 3 rings (SSSR count). The average molecular weight is 480 g/mol. The van der Waals surface area contributed by atoms with Gasteiger partial charge in [-0.2, -0.15) is 0 Å². The first-order valence-electron chi connectivity index (χ1n) is 8.06. The number of ketones is 1. The molecule has 28 heavy (non-hydrogen) atoms. The third-order valence-electron chi connectivity index (χ3n) is 3.67. The van der Waals surface area contributed by atoms with Gasteiger partial charge in [0.1, 0.15) is 10.9 Å². The Morgan fingerprint density at radius 3 is 2.50 bits per heavy atom. The highest BCUT2D eigenvalue weighted by atomic mass is 79.9. The normalized spacial score (nSPS) is 10.4. The summed E-state index contributed by atoms with van der Waals surface area (Å²) in [6.07, 6.45) is 1.49. The highest BCUT2D eigenvalue weighted by Gasteiger charge is 2.13. The maximum absolute atomic E-state index is 12.6. The predicted molar refractivity (Wildman–Crippen MR) is 112 cm³/mol. The second-order valence-corrected chi connectivity index (χ2v) is 7.36. The summed E-state index contributed by atoms with van der Waals surface area (Å²) in [5, 5.41) is 3.42. The van der Waals surface area contributed by atoms with Crippen LogP contribution < -0.4 is 10.1 Å². The van der Waals surface area contributed by atoms with Gasteiger partial charge in [0.25, 0.3) is 5.91 Å². The monoisotopic (exact) mass is 478 g/mol. The van der Waals surface area contributed by atoms with Crippen molar-refractivity contribution in [2.45, 2.75) is 0 Å². The molecule has 0 unspecified atom stereocenters. The topological polar surface area (TPSA) is 68.3 Å². The summed E-state index contributed by atoms with van der Waals surface area (Å²) in [6.45, 7) is -0.187. The van der Waals surface area contributed by atoms with Gasteiger partial charge in [-0.3, -0.25) is 9.59 Å². The fourth-order valence-corrected chi connectivity index (χ4v) is 3.13. The molecule has 0 fully saturated rings. The van der Waals surface area contributed by atoms with Crippen molar-refractivity contribution in [1.82, 2.24) is 4.98 Å². The van der Waals surface area contributed by atoms with Crippen LogP contribution in [0.4, 0.5) is 5.69 Å². The van der Waals surface area contributed by atoms with Gasteiger partial charge in [0, 0.05) is 32.5 Å². The lowest BCUT2D eigenvalue weighted by molar-refractivity contribution is -0.118. The molecule has 2 aromatic carbocycles. The van der Waals surface area contributed by atoms with Crippen LogP contribution in [-0.4, -0.2) is 23.3 Å². The summed E-state index contributed by atoms with van der Waals surface area (Å²) < 4.78 is 6.11. The van der Waals surface area contributed by atoms with Gasteiger partial charge < -0.3 is 10.1 Å². The first-order chi connectivity index (χ1) is 13.4. The van der Waals surface area contributed by atoms with Gasteiger partial charge >= 0.3 is 0 Å². The van der Waals surface area contributed by atoms with Crippen LogP contribution in [0.15, 0.2) is 65.3 Å². The molecule has 3 aromatic rings. The van der Waals surface area contributed by atoms with Gasteiger partial charge in [0.2, 0.25) is 0 Å². The molecule has 1 N–H and O–H groups in total. The zero-order chi connectivity index (χ0) is 20.1. The van der Waals surface area contributed by atoms with Gasteiger partial charge in [0.15, 0.2) is 12.4 Å². The Labute approximate surface area is 179 Å². The lowest BCUT2D eigenvalue weighted by Gasteiger charge is -2.09. The molecule has 1 heterocycles. The third kappa shape index (κ3) is 5.32. The quantitative estimate of drug-likeness (QED) is 0.379. The fraction of sp³-hybridized carbons (Fsp3) is 0.0500. The number of anilines is 1. The van der Waals surface area contributed by atoms with E-state index in [1.165, 1.54) is 12.3 Å². The molecule has 0 aliphatic heterocycles. The summed E-state index contributed by atoms with van der Waals surface area (Å²) in [4.78, 5) is 28.4. The zero-order valence-corrected chi connectivity index (χ0v) is 17.4. The summed E-state index contributed by atoms with van der Waals surface area (Å²) in [6, 6.07) is 14.7. The van der Waals surface area contributed by atoms with Crippen molar-refractivity contribution in [3.05, 3.63) is 86.6 Å². The Hall–Kier alpha value is -2.41. The number of benzene rings is 2. The summed E-state index contributed by atoms with van der Waals surface area (Å²) in [7, 11) is 0. The van der Waals surface area contributed by atoms with Crippen LogP contribution in [0.1, 0.15) is 15.9 Å². The molecule has 0 spiro atoms. The molecule has 1 aromatic heterocycles. The number of carbonyl (C=O) groups excluding carboxylic acids is 2. The number of amides is 1. The van der Waals surface area contributed by atoms with Gasteiger partial charge in [-0.25, -0.2) is 4.98 Å². The Morgan fingerprint density at radius 2 is 1.79 bits per heavy atom. The molecule has 1 amide bonds. The van der Waals surface area contributed by atoms with Crippen LogP contribution in [0.5, 0.6) is 5.75 Å². The highest BCUT2D eigenvalue weighted by molar-refractivity contribution is 9.10.